The Hall–Kier alpha value is -7.55. The number of amides is 2. The lowest BCUT2D eigenvalue weighted by molar-refractivity contribution is 0.255. The summed E-state index contributed by atoms with van der Waals surface area (Å²) in [6.45, 7) is 7.98. The maximum Gasteiger partial charge on any atom is 0.327 e. The van der Waals surface area contributed by atoms with Crippen molar-refractivity contribution in [3.8, 4) is 22.5 Å². The monoisotopic (exact) mass is 812 g/mol. The van der Waals surface area contributed by atoms with Crippen LogP contribution in [0.4, 0.5) is 39.2 Å². The molecule has 61 heavy (non-hydrogen) atoms. The van der Waals surface area contributed by atoms with E-state index in [2.05, 4.69) is 75.1 Å². The van der Waals surface area contributed by atoms with Crippen LogP contribution in [0.3, 0.4) is 0 Å². The number of rotatable bonds is 3. The van der Waals surface area contributed by atoms with Gasteiger partial charge in [0.15, 0.2) is 11.6 Å². The second-order valence-electron chi connectivity index (χ2n) is 15.6. The smallest absolute Gasteiger partial charge is 0.327 e. The molecule has 2 fully saturated rings. The maximum absolute atomic E-state index is 13.4. The first-order valence-electron chi connectivity index (χ1n) is 20.2. The molecule has 4 aliphatic rings. The normalized spacial score (nSPS) is 16.7. The quantitative estimate of drug-likeness (QED) is 0.108. The summed E-state index contributed by atoms with van der Waals surface area (Å²) in [5, 5.41) is 22.3. The molecule has 6 aromatic heterocycles. The van der Waals surface area contributed by atoms with Crippen molar-refractivity contribution >= 4 is 62.2 Å². The molecular formula is C46H48N14O. The third kappa shape index (κ3) is 7.84. The predicted octanol–water partition coefficient (Wildman–Crippen LogP) is 8.20. The van der Waals surface area contributed by atoms with Crippen LogP contribution in [-0.4, -0.2) is 84.6 Å². The molecule has 12 rings (SSSR count). The van der Waals surface area contributed by atoms with E-state index in [0.717, 1.165) is 111 Å². The van der Waals surface area contributed by atoms with E-state index >= 15 is 0 Å². The third-order valence-electron chi connectivity index (χ3n) is 11.5. The minimum absolute atomic E-state index is 0. The third-order valence-corrected chi connectivity index (χ3v) is 11.5. The first-order valence-corrected chi connectivity index (χ1v) is 20.2. The van der Waals surface area contributed by atoms with E-state index in [-0.39, 0.29) is 19.5 Å². The molecule has 2 aromatic carbocycles. The number of pyridine rings is 4. The van der Waals surface area contributed by atoms with Gasteiger partial charge >= 0.3 is 6.03 Å². The highest BCUT2D eigenvalue weighted by Crippen LogP contribution is 2.41. The lowest BCUT2D eigenvalue weighted by atomic mass is 10.1. The Morgan fingerprint density at radius 3 is 2.08 bits per heavy atom. The number of aromatic nitrogens is 8. The summed E-state index contributed by atoms with van der Waals surface area (Å²) < 4.78 is 0. The first-order chi connectivity index (χ1) is 29.3. The summed E-state index contributed by atoms with van der Waals surface area (Å²) in [5.41, 5.74) is 17.2. The molecule has 0 saturated carbocycles. The number of fused-ring (bicyclic) bond motifs is 10. The van der Waals surface area contributed by atoms with Gasteiger partial charge in [-0.15, -0.1) is 0 Å². The summed E-state index contributed by atoms with van der Waals surface area (Å²) in [5.74, 6) is 1.74. The second-order valence-corrected chi connectivity index (χ2v) is 15.6. The summed E-state index contributed by atoms with van der Waals surface area (Å²) >= 11 is 0. The molecule has 308 valence electrons. The van der Waals surface area contributed by atoms with Crippen molar-refractivity contribution in [2.45, 2.75) is 46.2 Å². The molecule has 8 aromatic rings. The molecule has 10 heterocycles. The van der Waals surface area contributed by atoms with Crippen molar-refractivity contribution in [3.63, 3.8) is 0 Å². The highest BCUT2D eigenvalue weighted by atomic mass is 16.2. The molecule has 2 saturated heterocycles. The lowest BCUT2D eigenvalue weighted by Gasteiger charge is -2.36. The van der Waals surface area contributed by atoms with Crippen molar-refractivity contribution < 1.29 is 4.79 Å². The average molecular weight is 813 g/mol. The van der Waals surface area contributed by atoms with Gasteiger partial charge in [-0.05, 0) is 112 Å². The minimum Gasteiger partial charge on any atom is -0.399 e. The number of aromatic amines is 2. The molecule has 0 unspecified atom stereocenters. The van der Waals surface area contributed by atoms with Gasteiger partial charge in [-0.2, -0.15) is 10.2 Å². The van der Waals surface area contributed by atoms with Gasteiger partial charge in [0.25, 0.3) is 0 Å². The number of H-pyrrole nitrogens is 2. The maximum atomic E-state index is 13.4. The van der Waals surface area contributed by atoms with Gasteiger partial charge in [0.05, 0.1) is 52.2 Å². The summed E-state index contributed by atoms with van der Waals surface area (Å²) in [6, 6.07) is 28.3. The van der Waals surface area contributed by atoms with E-state index in [1.54, 1.807) is 18.6 Å². The van der Waals surface area contributed by atoms with Gasteiger partial charge in [-0.3, -0.25) is 25.1 Å². The molecular weight excluding hydrogens is 765 g/mol. The number of nitrogens with one attached hydrogen (secondary N) is 4. The zero-order valence-corrected chi connectivity index (χ0v) is 33.3. The molecule has 15 nitrogen and oxygen atoms in total. The zero-order valence-electron chi connectivity index (χ0n) is 33.3. The highest BCUT2D eigenvalue weighted by Gasteiger charge is 2.40. The molecule has 15 heteroatoms. The fourth-order valence-corrected chi connectivity index (χ4v) is 8.47. The lowest BCUT2D eigenvalue weighted by Crippen LogP contribution is -2.48. The number of carbonyl (C=O) groups excluding carboxylic acids is 1. The van der Waals surface area contributed by atoms with E-state index in [1.807, 2.05) is 85.6 Å². The second kappa shape index (κ2) is 16.2. The number of anilines is 6. The number of urea groups is 1. The van der Waals surface area contributed by atoms with E-state index in [9.17, 15) is 4.79 Å². The fraction of sp³-hybridized carbons (Fsp3) is 0.239. The molecule has 0 radical (unpaired) electrons. The van der Waals surface area contributed by atoms with Crippen LogP contribution in [0.2, 0.25) is 0 Å². The zero-order chi connectivity index (χ0) is 40.7. The Morgan fingerprint density at radius 1 is 0.721 bits per heavy atom. The van der Waals surface area contributed by atoms with Crippen molar-refractivity contribution in [2.75, 3.05) is 57.2 Å². The number of benzene rings is 2. The molecule has 6 N–H and O–H groups in total. The van der Waals surface area contributed by atoms with E-state index in [1.165, 1.54) is 12.1 Å². The average Bonchev–Trinajstić information content (AvgIpc) is 4.09. The molecule has 2 atom stereocenters. The Bertz CT molecular complexity index is 2870. The number of nitrogens with two attached hydrogens (primary N) is 1. The van der Waals surface area contributed by atoms with Crippen molar-refractivity contribution in [2.24, 2.45) is 0 Å². The van der Waals surface area contributed by atoms with Crippen molar-refractivity contribution in [1.82, 2.24) is 40.3 Å². The van der Waals surface area contributed by atoms with Crippen molar-refractivity contribution in [1.29, 1.82) is 0 Å². The number of hydrogen-bond donors (Lipinski definition) is 5. The Balaban J connectivity index is 0.000000134. The van der Waals surface area contributed by atoms with Crippen LogP contribution in [0.15, 0.2) is 110 Å². The van der Waals surface area contributed by atoms with Crippen LogP contribution in [-0.2, 0) is 0 Å². The predicted molar refractivity (Wildman–Crippen MR) is 244 cm³/mol. The largest absolute Gasteiger partial charge is 0.399 e. The van der Waals surface area contributed by atoms with Gasteiger partial charge in [-0.1, -0.05) is 7.43 Å². The van der Waals surface area contributed by atoms with Crippen LogP contribution < -0.4 is 31.1 Å². The number of hydrogen-bond acceptors (Lipinski definition) is 11. The fourth-order valence-electron chi connectivity index (χ4n) is 8.47. The van der Waals surface area contributed by atoms with Crippen LogP contribution in [0.25, 0.3) is 44.3 Å². The van der Waals surface area contributed by atoms with E-state index in [4.69, 9.17) is 15.7 Å². The summed E-state index contributed by atoms with van der Waals surface area (Å²) in [4.78, 5) is 38.2. The van der Waals surface area contributed by atoms with E-state index in [0.29, 0.717) is 11.9 Å². The number of nitrogen functional groups attached to an aromatic ring is 1. The van der Waals surface area contributed by atoms with Crippen LogP contribution in [0.5, 0.6) is 0 Å². The topological polar surface area (TPSA) is 186 Å². The standard InChI is InChI=1S/C23H21N7O.C15H16N4.C7H7N3.CH4/c1-14-10-15(6-8-24-14)19-4-5-21-22(27-19)30(18-7-9-29(21)13-18)23(31)26-17-2-3-20-16(11-17)12-25-28-20;1-10-8-11(4-6-16-10)13-2-3-14-15(18-13)17-12-5-7-19(14)9-12;8-6-1-2-7-5(3-6)4-9-10-7;/h2-6,8,10-12,18H,7,9,13H2,1H3,(H,25,28)(H,26,31);2-4,6,8,12H,5,7,9H2,1H3,(H,17,18);1-4H,8H2,(H,9,10);1H4/t18-;12-;;/m00../s1. The number of nitrogens with zero attached hydrogens (tertiary/aromatic N) is 9. The van der Waals surface area contributed by atoms with Gasteiger partial charge in [0, 0.05) is 89.3 Å². The summed E-state index contributed by atoms with van der Waals surface area (Å²) in [7, 11) is 0. The van der Waals surface area contributed by atoms with Crippen molar-refractivity contribution in [3.05, 3.63) is 121 Å². The van der Waals surface area contributed by atoms with Gasteiger partial charge in [-0.25, -0.2) is 14.8 Å². The number of carbonyl (C=O) groups is 1. The molecule has 0 spiro atoms. The SMILES string of the molecule is C.Cc1cc(-c2ccc3c(n2)N(C(=O)Nc2ccc4[nH]ncc4c2)[C@H]2CCN3C2)ccn1.Cc1cc(-c2ccc3c(n2)N[C@H]2CCN3C2)ccn1.Nc1ccc2[nH]ncc2c1. The van der Waals surface area contributed by atoms with Crippen LogP contribution in [0, 0.1) is 13.8 Å². The van der Waals surface area contributed by atoms with Crippen LogP contribution in [0.1, 0.15) is 31.7 Å². The van der Waals surface area contributed by atoms with Gasteiger partial charge in [0.2, 0.25) is 0 Å². The Kier molecular flexibility index (Phi) is 10.4. The van der Waals surface area contributed by atoms with Gasteiger partial charge < -0.3 is 26.2 Å². The first kappa shape index (κ1) is 38.9. The molecule has 4 bridgehead atoms. The van der Waals surface area contributed by atoms with Gasteiger partial charge in [0.1, 0.15) is 0 Å². The minimum atomic E-state index is -0.161. The molecule has 4 aliphatic heterocycles. The molecule has 0 aliphatic carbocycles. The molecule has 2 amide bonds. The van der Waals surface area contributed by atoms with E-state index < -0.39 is 0 Å². The number of aryl methyl sites for hydroxylation is 2. The van der Waals surface area contributed by atoms with Crippen LogP contribution >= 0.6 is 0 Å². The Labute approximate surface area is 353 Å². The highest BCUT2D eigenvalue weighted by molar-refractivity contribution is 6.05. The summed E-state index contributed by atoms with van der Waals surface area (Å²) in [6.07, 6.45) is 9.27. The Morgan fingerprint density at radius 2 is 1.36 bits per heavy atom.